The van der Waals surface area contributed by atoms with E-state index in [9.17, 15) is 4.79 Å². The summed E-state index contributed by atoms with van der Waals surface area (Å²) in [5.74, 6) is -0.00550. The predicted octanol–water partition coefficient (Wildman–Crippen LogP) is 4.55. The molecule has 2 N–H and O–H groups in total. The fraction of sp³-hybridized carbons (Fsp3) is 0.316. The number of hydrogen-bond acceptors (Lipinski definition) is 3. The van der Waals surface area contributed by atoms with Crippen LogP contribution in [0.5, 0.6) is 0 Å². The summed E-state index contributed by atoms with van der Waals surface area (Å²) in [5, 5.41) is 6.26. The molecule has 2 aromatic carbocycles. The van der Waals surface area contributed by atoms with Crippen LogP contribution in [0, 0.1) is 0 Å². The second-order valence-electron chi connectivity index (χ2n) is 5.53. The summed E-state index contributed by atoms with van der Waals surface area (Å²) >= 11 is 1.65. The zero-order valence-corrected chi connectivity index (χ0v) is 14.5. The SMILES string of the molecule is CCC[C@@H](C)NCC(=O)Nc1ccccc1Sc1ccccc1. The van der Waals surface area contributed by atoms with E-state index in [4.69, 9.17) is 0 Å². The zero-order chi connectivity index (χ0) is 16.5. The van der Waals surface area contributed by atoms with Crippen LogP contribution in [0.2, 0.25) is 0 Å². The molecule has 0 aliphatic heterocycles. The van der Waals surface area contributed by atoms with Crippen molar-refractivity contribution in [2.45, 2.75) is 42.5 Å². The van der Waals surface area contributed by atoms with Gasteiger partial charge in [-0.1, -0.05) is 55.4 Å². The summed E-state index contributed by atoms with van der Waals surface area (Å²) in [6.07, 6.45) is 2.19. The molecular formula is C19H24N2OS. The number of carbonyl (C=O) groups excluding carboxylic acids is 1. The van der Waals surface area contributed by atoms with Gasteiger partial charge in [0.05, 0.1) is 12.2 Å². The lowest BCUT2D eigenvalue weighted by atomic mass is 10.2. The maximum atomic E-state index is 12.1. The van der Waals surface area contributed by atoms with Gasteiger partial charge in [0.25, 0.3) is 0 Å². The fourth-order valence-electron chi connectivity index (χ4n) is 2.27. The Morgan fingerprint density at radius 2 is 1.78 bits per heavy atom. The van der Waals surface area contributed by atoms with Crippen molar-refractivity contribution in [2.24, 2.45) is 0 Å². The minimum Gasteiger partial charge on any atom is -0.324 e. The molecular weight excluding hydrogens is 304 g/mol. The maximum absolute atomic E-state index is 12.1. The number of rotatable bonds is 8. The van der Waals surface area contributed by atoms with E-state index in [0.29, 0.717) is 12.6 Å². The summed E-state index contributed by atoms with van der Waals surface area (Å²) < 4.78 is 0. The Balaban J connectivity index is 1.96. The molecule has 0 aromatic heterocycles. The Morgan fingerprint density at radius 1 is 1.09 bits per heavy atom. The van der Waals surface area contributed by atoms with Gasteiger partial charge >= 0.3 is 0 Å². The number of carbonyl (C=O) groups is 1. The van der Waals surface area contributed by atoms with E-state index in [2.05, 4.69) is 36.6 Å². The van der Waals surface area contributed by atoms with Crippen LogP contribution in [0.4, 0.5) is 5.69 Å². The van der Waals surface area contributed by atoms with E-state index in [1.54, 1.807) is 11.8 Å². The van der Waals surface area contributed by atoms with Gasteiger partial charge in [-0.25, -0.2) is 0 Å². The number of amides is 1. The van der Waals surface area contributed by atoms with Gasteiger partial charge in [-0.05, 0) is 37.6 Å². The molecule has 2 rings (SSSR count). The first-order valence-electron chi connectivity index (χ1n) is 8.04. The van der Waals surface area contributed by atoms with E-state index < -0.39 is 0 Å². The van der Waals surface area contributed by atoms with Crippen LogP contribution in [0.3, 0.4) is 0 Å². The average Bonchev–Trinajstić information content (AvgIpc) is 2.56. The largest absolute Gasteiger partial charge is 0.324 e. The lowest BCUT2D eigenvalue weighted by Gasteiger charge is -2.14. The molecule has 0 unspecified atom stereocenters. The molecule has 0 aliphatic carbocycles. The molecule has 0 radical (unpaired) electrons. The highest BCUT2D eigenvalue weighted by atomic mass is 32.2. The highest BCUT2D eigenvalue weighted by Gasteiger charge is 2.09. The lowest BCUT2D eigenvalue weighted by Crippen LogP contribution is -2.34. The Labute approximate surface area is 142 Å². The minimum atomic E-state index is -0.00550. The Bertz CT molecular complexity index is 616. The van der Waals surface area contributed by atoms with Gasteiger partial charge in [0.2, 0.25) is 5.91 Å². The van der Waals surface area contributed by atoms with Crippen molar-refractivity contribution in [3.63, 3.8) is 0 Å². The van der Waals surface area contributed by atoms with Gasteiger partial charge in [0.15, 0.2) is 0 Å². The van der Waals surface area contributed by atoms with E-state index in [0.717, 1.165) is 28.3 Å². The quantitative estimate of drug-likeness (QED) is 0.746. The normalized spacial score (nSPS) is 11.9. The van der Waals surface area contributed by atoms with Crippen LogP contribution in [-0.4, -0.2) is 18.5 Å². The Morgan fingerprint density at radius 3 is 2.52 bits per heavy atom. The predicted molar refractivity (Wildman–Crippen MR) is 98.0 cm³/mol. The Hall–Kier alpha value is -1.78. The molecule has 0 saturated heterocycles. The summed E-state index contributed by atoms with van der Waals surface area (Å²) in [6.45, 7) is 4.59. The van der Waals surface area contributed by atoms with E-state index >= 15 is 0 Å². The highest BCUT2D eigenvalue weighted by Crippen LogP contribution is 2.33. The molecule has 1 atom stereocenters. The number of para-hydroxylation sites is 1. The zero-order valence-electron chi connectivity index (χ0n) is 13.7. The summed E-state index contributed by atoms with van der Waals surface area (Å²) in [6, 6.07) is 18.4. The molecule has 23 heavy (non-hydrogen) atoms. The van der Waals surface area contributed by atoms with E-state index in [1.807, 2.05) is 42.5 Å². The van der Waals surface area contributed by atoms with Crippen LogP contribution in [0.1, 0.15) is 26.7 Å². The summed E-state index contributed by atoms with van der Waals surface area (Å²) in [5.41, 5.74) is 0.858. The fourth-order valence-corrected chi connectivity index (χ4v) is 3.19. The third kappa shape index (κ3) is 6.08. The smallest absolute Gasteiger partial charge is 0.238 e. The monoisotopic (exact) mass is 328 g/mol. The first-order valence-corrected chi connectivity index (χ1v) is 8.86. The number of hydrogen-bond donors (Lipinski definition) is 2. The number of benzene rings is 2. The second kappa shape index (κ2) is 9.38. The molecule has 3 nitrogen and oxygen atoms in total. The first-order chi connectivity index (χ1) is 11.2. The minimum absolute atomic E-state index is 0.00550. The van der Waals surface area contributed by atoms with Crippen molar-refractivity contribution in [1.82, 2.24) is 5.32 Å². The van der Waals surface area contributed by atoms with Gasteiger partial charge in [-0.2, -0.15) is 0 Å². The van der Waals surface area contributed by atoms with Crippen molar-refractivity contribution >= 4 is 23.4 Å². The van der Waals surface area contributed by atoms with Gasteiger partial charge in [0.1, 0.15) is 0 Å². The molecule has 0 heterocycles. The Kier molecular flexibility index (Phi) is 7.17. The standard InChI is InChI=1S/C19H24N2OS/c1-3-9-15(2)20-14-19(22)21-17-12-7-8-13-18(17)23-16-10-5-4-6-11-16/h4-8,10-13,15,20H,3,9,14H2,1-2H3,(H,21,22)/t15-/m1/s1. The van der Waals surface area contributed by atoms with Crippen molar-refractivity contribution in [2.75, 3.05) is 11.9 Å². The van der Waals surface area contributed by atoms with Gasteiger partial charge in [-0.3, -0.25) is 4.79 Å². The van der Waals surface area contributed by atoms with Crippen molar-refractivity contribution < 1.29 is 4.79 Å². The van der Waals surface area contributed by atoms with Gasteiger partial charge in [0, 0.05) is 15.8 Å². The van der Waals surface area contributed by atoms with Crippen molar-refractivity contribution in [3.05, 3.63) is 54.6 Å². The maximum Gasteiger partial charge on any atom is 0.238 e. The van der Waals surface area contributed by atoms with E-state index in [-0.39, 0.29) is 5.91 Å². The third-order valence-electron chi connectivity index (χ3n) is 3.46. The molecule has 0 bridgehead atoms. The average molecular weight is 328 g/mol. The number of anilines is 1. The molecule has 0 fully saturated rings. The molecule has 1 amide bonds. The van der Waals surface area contributed by atoms with Crippen LogP contribution in [0.15, 0.2) is 64.4 Å². The van der Waals surface area contributed by atoms with Crippen LogP contribution in [-0.2, 0) is 4.79 Å². The van der Waals surface area contributed by atoms with Gasteiger partial charge in [-0.15, -0.1) is 0 Å². The molecule has 2 aromatic rings. The van der Waals surface area contributed by atoms with Crippen LogP contribution < -0.4 is 10.6 Å². The van der Waals surface area contributed by atoms with Gasteiger partial charge < -0.3 is 10.6 Å². The topological polar surface area (TPSA) is 41.1 Å². The van der Waals surface area contributed by atoms with Crippen LogP contribution in [0.25, 0.3) is 0 Å². The van der Waals surface area contributed by atoms with E-state index in [1.165, 1.54) is 0 Å². The van der Waals surface area contributed by atoms with Crippen LogP contribution >= 0.6 is 11.8 Å². The first kappa shape index (κ1) is 17.6. The summed E-state index contributed by atoms with van der Waals surface area (Å²) in [4.78, 5) is 14.3. The van der Waals surface area contributed by atoms with Crippen molar-refractivity contribution in [1.29, 1.82) is 0 Å². The molecule has 0 aliphatic rings. The lowest BCUT2D eigenvalue weighted by molar-refractivity contribution is -0.115. The molecule has 0 spiro atoms. The number of nitrogens with one attached hydrogen (secondary N) is 2. The summed E-state index contributed by atoms with van der Waals surface area (Å²) in [7, 11) is 0. The molecule has 122 valence electrons. The second-order valence-corrected chi connectivity index (χ2v) is 6.65. The molecule has 4 heteroatoms. The third-order valence-corrected chi connectivity index (χ3v) is 4.55. The highest BCUT2D eigenvalue weighted by molar-refractivity contribution is 7.99. The van der Waals surface area contributed by atoms with Crippen molar-refractivity contribution in [3.8, 4) is 0 Å². The molecule has 0 saturated carbocycles.